The van der Waals surface area contributed by atoms with E-state index in [1.165, 1.54) is 6.92 Å². The number of hydrogen-bond acceptors (Lipinski definition) is 4. The standard InChI is InChI=1S/C21H24N2O4/c1-14(2)17-6-4-5-7-18(17)23(15(3)24)11-10-21(25)22-16-8-9-19-20(12-16)27-13-26-19/h4-9,12,14H,10-11,13H2,1-3H3,(H,22,25). The first kappa shape index (κ1) is 18.8. The molecule has 6 nitrogen and oxygen atoms in total. The zero-order valence-corrected chi connectivity index (χ0v) is 15.8. The number of para-hydroxylation sites is 1. The SMILES string of the molecule is CC(=O)N(CCC(=O)Nc1ccc2c(c1)OCO2)c1ccccc1C(C)C. The molecule has 0 radical (unpaired) electrons. The van der Waals surface area contributed by atoms with Gasteiger partial charge in [0.05, 0.1) is 0 Å². The Morgan fingerprint density at radius 3 is 2.59 bits per heavy atom. The summed E-state index contributed by atoms with van der Waals surface area (Å²) in [5, 5.41) is 2.84. The van der Waals surface area contributed by atoms with E-state index in [1.54, 1.807) is 23.1 Å². The molecular weight excluding hydrogens is 344 g/mol. The van der Waals surface area contributed by atoms with Gasteiger partial charge in [-0.25, -0.2) is 0 Å². The van der Waals surface area contributed by atoms with Crippen LogP contribution in [-0.2, 0) is 9.59 Å². The molecule has 3 rings (SSSR count). The van der Waals surface area contributed by atoms with Gasteiger partial charge in [-0.05, 0) is 29.7 Å². The first-order valence-electron chi connectivity index (χ1n) is 9.02. The van der Waals surface area contributed by atoms with E-state index in [-0.39, 0.29) is 30.9 Å². The molecule has 6 heteroatoms. The predicted octanol–water partition coefficient (Wildman–Crippen LogP) is 3.92. The normalized spacial score (nSPS) is 12.1. The largest absolute Gasteiger partial charge is 0.454 e. The van der Waals surface area contributed by atoms with Crippen LogP contribution in [0.15, 0.2) is 42.5 Å². The van der Waals surface area contributed by atoms with Gasteiger partial charge in [0.25, 0.3) is 0 Å². The van der Waals surface area contributed by atoms with Gasteiger partial charge in [-0.15, -0.1) is 0 Å². The van der Waals surface area contributed by atoms with Crippen molar-refractivity contribution in [2.24, 2.45) is 0 Å². The van der Waals surface area contributed by atoms with Crippen molar-refractivity contribution in [3.05, 3.63) is 48.0 Å². The van der Waals surface area contributed by atoms with Gasteiger partial charge >= 0.3 is 0 Å². The second kappa shape index (κ2) is 8.12. The maximum Gasteiger partial charge on any atom is 0.231 e. The average Bonchev–Trinajstić information content (AvgIpc) is 3.09. The summed E-state index contributed by atoms with van der Waals surface area (Å²) >= 11 is 0. The topological polar surface area (TPSA) is 67.9 Å². The molecule has 0 aromatic heterocycles. The lowest BCUT2D eigenvalue weighted by Crippen LogP contribution is -2.32. The number of ether oxygens (including phenoxy) is 2. The number of amides is 2. The van der Waals surface area contributed by atoms with Gasteiger partial charge in [-0.1, -0.05) is 32.0 Å². The van der Waals surface area contributed by atoms with Crippen molar-refractivity contribution in [1.29, 1.82) is 0 Å². The fourth-order valence-corrected chi connectivity index (χ4v) is 3.08. The van der Waals surface area contributed by atoms with Gasteiger partial charge in [0.2, 0.25) is 18.6 Å². The first-order valence-corrected chi connectivity index (χ1v) is 9.02. The number of hydrogen-bond donors (Lipinski definition) is 1. The minimum absolute atomic E-state index is 0.0843. The molecule has 1 N–H and O–H groups in total. The lowest BCUT2D eigenvalue weighted by Gasteiger charge is -2.25. The smallest absolute Gasteiger partial charge is 0.231 e. The van der Waals surface area contributed by atoms with E-state index < -0.39 is 0 Å². The molecule has 1 heterocycles. The van der Waals surface area contributed by atoms with E-state index in [0.29, 0.717) is 23.7 Å². The van der Waals surface area contributed by atoms with Crippen molar-refractivity contribution in [2.45, 2.75) is 33.1 Å². The van der Waals surface area contributed by atoms with Crippen LogP contribution in [0.1, 0.15) is 38.7 Å². The van der Waals surface area contributed by atoms with E-state index in [1.807, 2.05) is 24.3 Å². The maximum absolute atomic E-state index is 12.4. The van der Waals surface area contributed by atoms with Gasteiger partial charge in [0.1, 0.15) is 0 Å². The molecule has 0 aliphatic carbocycles. The lowest BCUT2D eigenvalue weighted by atomic mass is 10.0. The number of carbonyl (C=O) groups is 2. The van der Waals surface area contributed by atoms with Gasteiger partial charge < -0.3 is 19.7 Å². The first-order chi connectivity index (χ1) is 13.0. The summed E-state index contributed by atoms with van der Waals surface area (Å²) in [5.74, 6) is 1.32. The van der Waals surface area contributed by atoms with Gasteiger partial charge in [0, 0.05) is 37.3 Å². The van der Waals surface area contributed by atoms with Gasteiger partial charge in [-0.2, -0.15) is 0 Å². The molecule has 142 valence electrons. The molecule has 0 saturated heterocycles. The summed E-state index contributed by atoms with van der Waals surface area (Å²) in [6.45, 7) is 6.20. The zero-order valence-electron chi connectivity index (χ0n) is 15.8. The number of rotatable bonds is 6. The van der Waals surface area contributed by atoms with Gasteiger partial charge in [-0.3, -0.25) is 9.59 Å². The van der Waals surface area contributed by atoms with E-state index in [0.717, 1.165) is 11.3 Å². The molecule has 1 aliphatic heterocycles. The van der Waals surface area contributed by atoms with E-state index >= 15 is 0 Å². The van der Waals surface area contributed by atoms with Crippen LogP contribution in [0, 0.1) is 0 Å². The quantitative estimate of drug-likeness (QED) is 0.839. The molecule has 0 spiro atoms. The van der Waals surface area contributed by atoms with Crippen LogP contribution >= 0.6 is 0 Å². The highest BCUT2D eigenvalue weighted by molar-refractivity contribution is 5.95. The summed E-state index contributed by atoms with van der Waals surface area (Å²) in [4.78, 5) is 26.2. The highest BCUT2D eigenvalue weighted by Crippen LogP contribution is 2.34. The van der Waals surface area contributed by atoms with Gasteiger partial charge in [0.15, 0.2) is 11.5 Å². The van der Waals surface area contributed by atoms with E-state index in [2.05, 4.69) is 19.2 Å². The molecule has 0 fully saturated rings. The number of nitrogens with one attached hydrogen (secondary N) is 1. The van der Waals surface area contributed by atoms with E-state index in [9.17, 15) is 9.59 Å². The molecule has 27 heavy (non-hydrogen) atoms. The molecule has 2 amide bonds. The molecule has 0 saturated carbocycles. The molecule has 2 aromatic carbocycles. The highest BCUT2D eigenvalue weighted by atomic mass is 16.7. The average molecular weight is 368 g/mol. The van der Waals surface area contributed by atoms with E-state index in [4.69, 9.17) is 9.47 Å². The second-order valence-electron chi connectivity index (χ2n) is 6.75. The summed E-state index contributed by atoms with van der Waals surface area (Å²) in [6.07, 6.45) is 0.195. The Bertz CT molecular complexity index is 848. The van der Waals surface area contributed by atoms with Crippen molar-refractivity contribution < 1.29 is 19.1 Å². The molecule has 1 aliphatic rings. The Morgan fingerprint density at radius 2 is 1.85 bits per heavy atom. The predicted molar refractivity (Wildman–Crippen MR) is 104 cm³/mol. The van der Waals surface area contributed by atoms with Crippen molar-refractivity contribution >= 4 is 23.2 Å². The highest BCUT2D eigenvalue weighted by Gasteiger charge is 2.18. The molecule has 0 atom stereocenters. The monoisotopic (exact) mass is 368 g/mol. The Kier molecular flexibility index (Phi) is 5.64. The van der Waals surface area contributed by atoms with Crippen LogP contribution in [0.4, 0.5) is 11.4 Å². The number of carbonyl (C=O) groups excluding carboxylic acids is 2. The summed E-state index contributed by atoms with van der Waals surface area (Å²) in [7, 11) is 0. The van der Waals surface area contributed by atoms with Crippen LogP contribution in [0.25, 0.3) is 0 Å². The van der Waals surface area contributed by atoms with Crippen LogP contribution in [0.5, 0.6) is 11.5 Å². The van der Waals surface area contributed by atoms with Crippen LogP contribution in [-0.4, -0.2) is 25.2 Å². The lowest BCUT2D eigenvalue weighted by molar-refractivity contribution is -0.117. The maximum atomic E-state index is 12.4. The third-order valence-corrected chi connectivity index (χ3v) is 4.45. The van der Waals surface area contributed by atoms with Crippen molar-refractivity contribution in [3.8, 4) is 11.5 Å². The summed E-state index contributed by atoms with van der Waals surface area (Å²) < 4.78 is 10.6. The Balaban J connectivity index is 1.66. The van der Waals surface area contributed by atoms with Crippen LogP contribution < -0.4 is 19.7 Å². The minimum Gasteiger partial charge on any atom is -0.454 e. The minimum atomic E-state index is -0.165. The third kappa shape index (κ3) is 4.39. The Labute approximate surface area is 159 Å². The fraction of sp³-hybridized carbons (Fsp3) is 0.333. The Morgan fingerprint density at radius 1 is 1.11 bits per heavy atom. The molecule has 0 bridgehead atoms. The number of nitrogens with zero attached hydrogens (tertiary/aromatic N) is 1. The number of benzene rings is 2. The van der Waals surface area contributed by atoms with Crippen molar-refractivity contribution in [1.82, 2.24) is 0 Å². The number of fused-ring (bicyclic) bond motifs is 1. The van der Waals surface area contributed by atoms with Crippen molar-refractivity contribution in [2.75, 3.05) is 23.6 Å². The third-order valence-electron chi connectivity index (χ3n) is 4.45. The molecule has 0 unspecified atom stereocenters. The number of anilines is 2. The molecule has 2 aromatic rings. The second-order valence-corrected chi connectivity index (χ2v) is 6.75. The summed E-state index contributed by atoms with van der Waals surface area (Å²) in [5.41, 5.74) is 2.58. The Hall–Kier alpha value is -3.02. The molecular formula is C21H24N2O4. The zero-order chi connectivity index (χ0) is 19.4. The van der Waals surface area contributed by atoms with Crippen molar-refractivity contribution in [3.63, 3.8) is 0 Å². The van der Waals surface area contributed by atoms with Crippen LogP contribution in [0.2, 0.25) is 0 Å². The van der Waals surface area contributed by atoms with Crippen LogP contribution in [0.3, 0.4) is 0 Å². The summed E-state index contributed by atoms with van der Waals surface area (Å²) in [6, 6.07) is 13.1. The fourth-order valence-electron chi connectivity index (χ4n) is 3.08.